The van der Waals surface area contributed by atoms with Crippen molar-refractivity contribution in [2.75, 3.05) is 13.1 Å². The summed E-state index contributed by atoms with van der Waals surface area (Å²) in [6.07, 6.45) is 0.237. The van der Waals surface area contributed by atoms with Crippen LogP contribution < -0.4 is 0 Å². The van der Waals surface area contributed by atoms with Crippen molar-refractivity contribution in [1.29, 1.82) is 0 Å². The van der Waals surface area contributed by atoms with Gasteiger partial charge in [0.05, 0.1) is 6.42 Å². The third-order valence-electron chi connectivity index (χ3n) is 3.45. The molecule has 0 saturated carbocycles. The van der Waals surface area contributed by atoms with E-state index in [1.54, 1.807) is 17.0 Å². The second-order valence-electron chi connectivity index (χ2n) is 6.03. The molecule has 122 valence electrons. The SMILES string of the molecule is CC(C)CN(CCC(=O)O)C(=O)CC(C)c1ccc(F)cc1. The van der Waals surface area contributed by atoms with Gasteiger partial charge in [-0.25, -0.2) is 4.39 Å². The van der Waals surface area contributed by atoms with Gasteiger partial charge in [0.1, 0.15) is 5.82 Å². The number of carbonyl (C=O) groups is 2. The molecular formula is C17H24FNO3. The van der Waals surface area contributed by atoms with E-state index in [9.17, 15) is 14.0 Å². The minimum atomic E-state index is -0.909. The molecule has 1 unspecified atom stereocenters. The highest BCUT2D eigenvalue weighted by atomic mass is 19.1. The van der Waals surface area contributed by atoms with Gasteiger partial charge in [-0.1, -0.05) is 32.9 Å². The Labute approximate surface area is 130 Å². The number of carboxylic acid groups (broad SMARTS) is 1. The summed E-state index contributed by atoms with van der Waals surface area (Å²) in [5.41, 5.74) is 0.900. The summed E-state index contributed by atoms with van der Waals surface area (Å²) in [7, 11) is 0. The molecule has 0 bridgehead atoms. The summed E-state index contributed by atoms with van der Waals surface area (Å²) in [5.74, 6) is -1.03. The smallest absolute Gasteiger partial charge is 0.305 e. The van der Waals surface area contributed by atoms with Crippen LogP contribution in [0, 0.1) is 11.7 Å². The molecule has 22 heavy (non-hydrogen) atoms. The maximum Gasteiger partial charge on any atom is 0.305 e. The molecule has 4 nitrogen and oxygen atoms in total. The number of amides is 1. The Morgan fingerprint density at radius 3 is 2.27 bits per heavy atom. The second kappa shape index (κ2) is 8.51. The van der Waals surface area contributed by atoms with Gasteiger partial charge in [0.15, 0.2) is 0 Å². The molecule has 0 heterocycles. The van der Waals surface area contributed by atoms with Gasteiger partial charge in [-0.3, -0.25) is 9.59 Å². The standard InChI is InChI=1S/C17H24FNO3/c1-12(2)11-19(9-8-17(21)22)16(20)10-13(3)14-4-6-15(18)7-5-14/h4-7,12-13H,8-11H2,1-3H3,(H,21,22). The topological polar surface area (TPSA) is 57.6 Å². The molecule has 0 radical (unpaired) electrons. The first-order chi connectivity index (χ1) is 10.3. The van der Waals surface area contributed by atoms with Crippen molar-refractivity contribution < 1.29 is 19.1 Å². The lowest BCUT2D eigenvalue weighted by Gasteiger charge is -2.25. The first kappa shape index (κ1) is 18.1. The van der Waals surface area contributed by atoms with Crippen molar-refractivity contribution >= 4 is 11.9 Å². The zero-order valence-corrected chi connectivity index (χ0v) is 13.4. The van der Waals surface area contributed by atoms with E-state index < -0.39 is 5.97 Å². The predicted molar refractivity (Wildman–Crippen MR) is 83.1 cm³/mol. The van der Waals surface area contributed by atoms with Gasteiger partial charge in [-0.2, -0.15) is 0 Å². The molecule has 1 N–H and O–H groups in total. The largest absolute Gasteiger partial charge is 0.481 e. The van der Waals surface area contributed by atoms with Gasteiger partial charge >= 0.3 is 5.97 Å². The third kappa shape index (κ3) is 6.24. The summed E-state index contributed by atoms with van der Waals surface area (Å²) >= 11 is 0. The fraction of sp³-hybridized carbons (Fsp3) is 0.529. The quantitative estimate of drug-likeness (QED) is 0.801. The summed E-state index contributed by atoms with van der Waals surface area (Å²) in [4.78, 5) is 24.7. The van der Waals surface area contributed by atoms with Crippen molar-refractivity contribution in [1.82, 2.24) is 4.90 Å². The maximum atomic E-state index is 12.9. The maximum absolute atomic E-state index is 12.9. The minimum Gasteiger partial charge on any atom is -0.481 e. The molecule has 0 aromatic heterocycles. The normalized spacial score (nSPS) is 12.2. The highest BCUT2D eigenvalue weighted by molar-refractivity contribution is 5.78. The molecule has 0 aliphatic heterocycles. The first-order valence-electron chi connectivity index (χ1n) is 7.54. The lowest BCUT2D eigenvalue weighted by molar-refractivity contribution is -0.138. The number of hydrogen-bond donors (Lipinski definition) is 1. The van der Waals surface area contributed by atoms with Gasteiger partial charge in [0.25, 0.3) is 0 Å². The average Bonchev–Trinajstić information content (AvgIpc) is 2.43. The number of rotatable bonds is 8. The van der Waals surface area contributed by atoms with Crippen LogP contribution in [0.5, 0.6) is 0 Å². The number of benzene rings is 1. The fourth-order valence-electron chi connectivity index (χ4n) is 2.29. The van der Waals surface area contributed by atoms with Crippen LogP contribution >= 0.6 is 0 Å². The van der Waals surface area contributed by atoms with Gasteiger partial charge in [0.2, 0.25) is 5.91 Å². The van der Waals surface area contributed by atoms with Crippen molar-refractivity contribution in [3.8, 4) is 0 Å². The number of carbonyl (C=O) groups excluding carboxylic acids is 1. The highest BCUT2D eigenvalue weighted by Crippen LogP contribution is 2.20. The molecule has 1 atom stereocenters. The van der Waals surface area contributed by atoms with Gasteiger partial charge in [-0.15, -0.1) is 0 Å². The Hall–Kier alpha value is -1.91. The summed E-state index contributed by atoms with van der Waals surface area (Å²) in [6.45, 7) is 6.66. The van der Waals surface area contributed by atoms with Crippen LogP contribution in [0.1, 0.15) is 45.1 Å². The molecule has 0 spiro atoms. The summed E-state index contributed by atoms with van der Waals surface area (Å²) < 4.78 is 12.9. The number of nitrogens with zero attached hydrogens (tertiary/aromatic N) is 1. The van der Waals surface area contributed by atoms with E-state index in [1.807, 2.05) is 20.8 Å². The van der Waals surface area contributed by atoms with E-state index in [2.05, 4.69) is 0 Å². The number of hydrogen-bond acceptors (Lipinski definition) is 2. The molecule has 0 aliphatic carbocycles. The number of carboxylic acids is 1. The zero-order chi connectivity index (χ0) is 16.7. The Morgan fingerprint density at radius 1 is 1.18 bits per heavy atom. The summed E-state index contributed by atoms with van der Waals surface area (Å²) in [6, 6.07) is 6.12. The molecule has 0 saturated heterocycles. The third-order valence-corrected chi connectivity index (χ3v) is 3.45. The lowest BCUT2D eigenvalue weighted by atomic mass is 9.97. The van der Waals surface area contributed by atoms with Crippen LogP contribution in [0.25, 0.3) is 0 Å². The van der Waals surface area contributed by atoms with Crippen LogP contribution in [0.4, 0.5) is 4.39 Å². The monoisotopic (exact) mass is 309 g/mol. The van der Waals surface area contributed by atoms with Crippen LogP contribution in [0.2, 0.25) is 0 Å². The predicted octanol–water partition coefficient (Wildman–Crippen LogP) is 3.28. The minimum absolute atomic E-state index is 0.0346. The van der Waals surface area contributed by atoms with E-state index in [0.717, 1.165) is 5.56 Å². The second-order valence-corrected chi connectivity index (χ2v) is 6.03. The average molecular weight is 309 g/mol. The Balaban J connectivity index is 2.67. The first-order valence-corrected chi connectivity index (χ1v) is 7.54. The van der Waals surface area contributed by atoms with E-state index >= 15 is 0 Å². The molecular weight excluding hydrogens is 285 g/mol. The molecule has 5 heteroatoms. The lowest BCUT2D eigenvalue weighted by Crippen LogP contribution is -2.36. The summed E-state index contributed by atoms with van der Waals surface area (Å²) in [5, 5.41) is 8.79. The Kier molecular flexibility index (Phi) is 7.02. The van der Waals surface area contributed by atoms with Gasteiger partial charge in [-0.05, 0) is 29.5 Å². The molecule has 1 rings (SSSR count). The van der Waals surface area contributed by atoms with E-state index in [4.69, 9.17) is 5.11 Å². The molecule has 0 aliphatic rings. The fourth-order valence-corrected chi connectivity index (χ4v) is 2.29. The van der Waals surface area contributed by atoms with Crippen molar-refractivity contribution in [3.63, 3.8) is 0 Å². The van der Waals surface area contributed by atoms with Gasteiger partial charge in [0, 0.05) is 19.5 Å². The number of halogens is 1. The van der Waals surface area contributed by atoms with E-state index in [-0.39, 0.29) is 42.9 Å². The van der Waals surface area contributed by atoms with Gasteiger partial charge < -0.3 is 10.0 Å². The van der Waals surface area contributed by atoms with Crippen molar-refractivity contribution in [3.05, 3.63) is 35.6 Å². The molecule has 1 amide bonds. The molecule has 0 fully saturated rings. The van der Waals surface area contributed by atoms with Crippen molar-refractivity contribution in [2.45, 2.75) is 39.5 Å². The van der Waals surface area contributed by atoms with E-state index in [1.165, 1.54) is 12.1 Å². The van der Waals surface area contributed by atoms with Crippen LogP contribution in [-0.4, -0.2) is 35.0 Å². The van der Waals surface area contributed by atoms with E-state index in [0.29, 0.717) is 6.54 Å². The number of aliphatic carboxylic acids is 1. The molecule has 1 aromatic rings. The Morgan fingerprint density at radius 2 is 1.77 bits per heavy atom. The zero-order valence-electron chi connectivity index (χ0n) is 13.4. The Bertz CT molecular complexity index is 499. The van der Waals surface area contributed by atoms with Crippen LogP contribution in [-0.2, 0) is 9.59 Å². The van der Waals surface area contributed by atoms with Crippen molar-refractivity contribution in [2.24, 2.45) is 5.92 Å². The van der Waals surface area contributed by atoms with Crippen LogP contribution in [0.15, 0.2) is 24.3 Å². The van der Waals surface area contributed by atoms with Crippen LogP contribution in [0.3, 0.4) is 0 Å². The highest BCUT2D eigenvalue weighted by Gasteiger charge is 2.19. The molecule has 1 aromatic carbocycles.